The lowest BCUT2D eigenvalue weighted by Gasteiger charge is -2.14. The van der Waals surface area contributed by atoms with Crippen LogP contribution >= 0.6 is 11.3 Å². The Labute approximate surface area is 199 Å². The minimum atomic E-state index is -2.86. The highest BCUT2D eigenvalue weighted by atomic mass is 32.1. The number of anilines is 1. The van der Waals surface area contributed by atoms with Gasteiger partial charge in [0.1, 0.15) is 0 Å². The molecule has 9 heteroatoms. The topological polar surface area (TPSA) is 73.1 Å². The molecule has 34 heavy (non-hydrogen) atoms. The fourth-order valence-corrected chi connectivity index (χ4v) is 4.64. The largest absolute Gasteiger partial charge is 0.378 e. The molecule has 2 aromatic heterocycles. The van der Waals surface area contributed by atoms with E-state index >= 15 is 0 Å². The number of hydrogen-bond acceptors (Lipinski definition) is 6. The molecule has 0 radical (unpaired) electrons. The van der Waals surface area contributed by atoms with Gasteiger partial charge in [-0.1, -0.05) is 47.7 Å². The summed E-state index contributed by atoms with van der Waals surface area (Å²) in [6.07, 6.45) is 2.04. The van der Waals surface area contributed by atoms with Gasteiger partial charge in [0, 0.05) is 49.8 Å². The molecule has 3 N–H and O–H groups in total. The summed E-state index contributed by atoms with van der Waals surface area (Å²) in [6, 6.07) is 13.2. The Morgan fingerprint density at radius 3 is 2.59 bits per heavy atom. The van der Waals surface area contributed by atoms with Gasteiger partial charge >= 0.3 is 0 Å². The van der Waals surface area contributed by atoms with E-state index in [1.165, 1.54) is 35.7 Å². The van der Waals surface area contributed by atoms with Gasteiger partial charge in [0.05, 0.1) is 17.2 Å². The summed E-state index contributed by atoms with van der Waals surface area (Å²) in [5, 5.41) is 5.57. The molecule has 0 aliphatic heterocycles. The number of thiazole rings is 1. The van der Waals surface area contributed by atoms with Gasteiger partial charge in [-0.15, -0.1) is 0 Å². The zero-order valence-corrected chi connectivity index (χ0v) is 19.6. The van der Waals surface area contributed by atoms with E-state index in [9.17, 15) is 13.2 Å². The van der Waals surface area contributed by atoms with Crippen LogP contribution in [0.3, 0.4) is 0 Å². The summed E-state index contributed by atoms with van der Waals surface area (Å²) in [4.78, 5) is 9.27. The monoisotopic (exact) mass is 486 g/mol. The SMILES string of the molecule is COCc1nc(NC[C@@H](N)Cc2ccc(C(C)(F)F)cc2)sc1-c1ccc2cnc(F)cc2c1. The summed E-state index contributed by atoms with van der Waals surface area (Å²) in [5.74, 6) is -3.39. The molecule has 5 nitrogen and oxygen atoms in total. The third kappa shape index (κ3) is 5.72. The Balaban J connectivity index is 1.46. The average Bonchev–Trinajstić information content (AvgIpc) is 3.20. The normalized spacial score (nSPS) is 12.8. The molecule has 2 heterocycles. The van der Waals surface area contributed by atoms with Crippen molar-refractivity contribution in [3.05, 3.63) is 77.5 Å². The quantitative estimate of drug-likeness (QED) is 0.295. The minimum Gasteiger partial charge on any atom is -0.378 e. The molecule has 1 atom stereocenters. The number of nitrogens with zero attached hydrogens (tertiary/aromatic N) is 2. The summed E-state index contributed by atoms with van der Waals surface area (Å²) >= 11 is 1.47. The van der Waals surface area contributed by atoms with E-state index in [0.717, 1.165) is 39.4 Å². The molecular weight excluding hydrogens is 461 g/mol. The number of nitrogens with one attached hydrogen (secondary N) is 1. The second kappa shape index (κ2) is 10.1. The smallest absolute Gasteiger partial charge is 0.270 e. The average molecular weight is 487 g/mol. The molecule has 0 fully saturated rings. The highest BCUT2D eigenvalue weighted by Gasteiger charge is 2.23. The van der Waals surface area contributed by atoms with E-state index in [2.05, 4.69) is 15.3 Å². The lowest BCUT2D eigenvalue weighted by Crippen LogP contribution is -2.31. The Kier molecular flexibility index (Phi) is 7.16. The van der Waals surface area contributed by atoms with Crippen LogP contribution in [-0.4, -0.2) is 29.7 Å². The third-order valence-electron chi connectivity index (χ3n) is 5.40. The van der Waals surface area contributed by atoms with Crippen molar-refractivity contribution < 1.29 is 17.9 Å². The maximum absolute atomic E-state index is 13.6. The van der Waals surface area contributed by atoms with Crippen molar-refractivity contribution in [1.82, 2.24) is 9.97 Å². The van der Waals surface area contributed by atoms with E-state index in [-0.39, 0.29) is 11.6 Å². The van der Waals surface area contributed by atoms with Gasteiger partial charge in [-0.25, -0.2) is 18.7 Å². The van der Waals surface area contributed by atoms with Crippen molar-refractivity contribution >= 4 is 27.2 Å². The molecule has 178 valence electrons. The van der Waals surface area contributed by atoms with Crippen LogP contribution in [0.1, 0.15) is 23.7 Å². The van der Waals surface area contributed by atoms with E-state index in [4.69, 9.17) is 10.5 Å². The Bertz CT molecular complexity index is 1270. The Morgan fingerprint density at radius 2 is 1.88 bits per heavy atom. The lowest BCUT2D eigenvalue weighted by atomic mass is 10.0. The van der Waals surface area contributed by atoms with Gasteiger partial charge in [0.15, 0.2) is 5.13 Å². The number of aromatic nitrogens is 2. The molecule has 0 bridgehead atoms. The number of hydrogen-bond donors (Lipinski definition) is 2. The molecule has 4 aromatic rings. The van der Waals surface area contributed by atoms with Crippen molar-refractivity contribution in [3.63, 3.8) is 0 Å². The number of methoxy groups -OCH3 is 1. The molecule has 0 saturated carbocycles. The maximum Gasteiger partial charge on any atom is 0.270 e. The van der Waals surface area contributed by atoms with E-state index in [0.29, 0.717) is 24.7 Å². The summed E-state index contributed by atoms with van der Waals surface area (Å²) in [5.41, 5.74) is 8.82. The van der Waals surface area contributed by atoms with Crippen LogP contribution in [0.15, 0.2) is 54.7 Å². The van der Waals surface area contributed by atoms with Crippen molar-refractivity contribution in [2.24, 2.45) is 5.73 Å². The first kappa shape index (κ1) is 24.1. The van der Waals surface area contributed by atoms with Crippen molar-refractivity contribution in [2.75, 3.05) is 19.0 Å². The van der Waals surface area contributed by atoms with Crippen LogP contribution in [0.4, 0.5) is 18.3 Å². The first-order valence-electron chi connectivity index (χ1n) is 10.7. The predicted molar refractivity (Wildman–Crippen MR) is 130 cm³/mol. The third-order valence-corrected chi connectivity index (χ3v) is 6.51. The molecule has 0 aliphatic rings. The predicted octanol–water partition coefficient (Wildman–Crippen LogP) is 5.74. The number of fused-ring (bicyclic) bond motifs is 1. The van der Waals surface area contributed by atoms with Gasteiger partial charge in [-0.3, -0.25) is 0 Å². The van der Waals surface area contributed by atoms with Gasteiger partial charge in [0.2, 0.25) is 5.95 Å². The number of halogens is 3. The van der Waals surface area contributed by atoms with Crippen molar-refractivity contribution in [3.8, 4) is 10.4 Å². The van der Waals surface area contributed by atoms with E-state index in [1.54, 1.807) is 19.2 Å². The van der Waals surface area contributed by atoms with Crippen LogP contribution in [0.5, 0.6) is 0 Å². The fraction of sp³-hybridized carbons (Fsp3) is 0.280. The number of rotatable bonds is 9. The van der Waals surface area contributed by atoms with Crippen LogP contribution < -0.4 is 11.1 Å². The second-order valence-corrected chi connectivity index (χ2v) is 9.23. The first-order valence-corrected chi connectivity index (χ1v) is 11.6. The molecule has 0 amide bonds. The zero-order valence-electron chi connectivity index (χ0n) is 18.8. The molecule has 0 spiro atoms. The van der Waals surface area contributed by atoms with Crippen LogP contribution in [-0.2, 0) is 23.7 Å². The summed E-state index contributed by atoms with van der Waals surface area (Å²) < 4.78 is 45.7. The van der Waals surface area contributed by atoms with Crippen LogP contribution in [0.2, 0.25) is 0 Å². The number of pyridine rings is 1. The molecule has 0 saturated heterocycles. The lowest BCUT2D eigenvalue weighted by molar-refractivity contribution is 0.0174. The number of ether oxygens (including phenoxy) is 1. The van der Waals surface area contributed by atoms with Crippen LogP contribution in [0.25, 0.3) is 21.2 Å². The second-order valence-electron chi connectivity index (χ2n) is 8.23. The summed E-state index contributed by atoms with van der Waals surface area (Å²) in [6.45, 7) is 1.67. The standard InChI is InChI=1S/C25H25F3N4OS/c1-25(27,28)19-7-3-15(4-8-19)9-20(29)13-31-24-32-21(14-33-2)23(34-24)16-5-6-17-12-30-22(26)11-18(17)10-16/h3-8,10-12,20H,9,13-14,29H2,1-2H3,(H,31,32)/t20-/m0/s1. The maximum atomic E-state index is 13.6. The van der Waals surface area contributed by atoms with E-state index in [1.807, 2.05) is 18.2 Å². The van der Waals surface area contributed by atoms with Gasteiger partial charge < -0.3 is 15.8 Å². The highest BCUT2D eigenvalue weighted by Crippen LogP contribution is 2.35. The van der Waals surface area contributed by atoms with Gasteiger partial charge in [-0.05, 0) is 29.0 Å². The summed E-state index contributed by atoms with van der Waals surface area (Å²) in [7, 11) is 1.60. The first-order chi connectivity index (χ1) is 16.2. The fourth-order valence-electron chi connectivity index (χ4n) is 3.67. The molecule has 0 aliphatic carbocycles. The minimum absolute atomic E-state index is 0.0170. The van der Waals surface area contributed by atoms with Crippen molar-refractivity contribution in [1.29, 1.82) is 0 Å². The number of alkyl halides is 2. The van der Waals surface area contributed by atoms with Crippen LogP contribution in [0, 0.1) is 5.95 Å². The highest BCUT2D eigenvalue weighted by molar-refractivity contribution is 7.19. The zero-order chi connectivity index (χ0) is 24.3. The molecule has 4 rings (SSSR count). The Hall–Kier alpha value is -3.01. The number of benzene rings is 2. The molecular formula is C25H25F3N4OS. The van der Waals surface area contributed by atoms with E-state index < -0.39 is 11.9 Å². The number of nitrogens with two attached hydrogens (primary N) is 1. The van der Waals surface area contributed by atoms with Crippen molar-refractivity contribution in [2.45, 2.75) is 31.9 Å². The van der Waals surface area contributed by atoms with Gasteiger partial charge in [0.25, 0.3) is 5.92 Å². The Morgan fingerprint density at radius 1 is 1.12 bits per heavy atom. The van der Waals surface area contributed by atoms with Gasteiger partial charge in [-0.2, -0.15) is 4.39 Å². The molecule has 2 aromatic carbocycles. The molecule has 0 unspecified atom stereocenters.